The molecule has 0 bridgehead atoms. The summed E-state index contributed by atoms with van der Waals surface area (Å²) in [6.45, 7) is 0. The fourth-order valence-corrected chi connectivity index (χ4v) is 2.66. The lowest BCUT2D eigenvalue weighted by molar-refractivity contribution is 1.37. The van der Waals surface area contributed by atoms with Crippen LogP contribution in [0.4, 0.5) is 5.69 Å². The molecule has 2 nitrogen and oxygen atoms in total. The van der Waals surface area contributed by atoms with E-state index in [-0.39, 0.29) is 17.0 Å². The lowest BCUT2D eigenvalue weighted by Gasteiger charge is -2.14. The Balaban J connectivity index is 0.00000169. The molecular weight excluding hydrogens is 360 g/mol. The first-order chi connectivity index (χ1) is 11.4. The predicted octanol–water partition coefficient (Wildman–Crippen LogP) is 5.85. The molecule has 24 heavy (non-hydrogen) atoms. The van der Waals surface area contributed by atoms with Crippen LogP contribution in [0.3, 0.4) is 0 Å². The summed E-state index contributed by atoms with van der Waals surface area (Å²) >= 11 is 0. The number of aromatic nitrogens is 1. The minimum absolute atomic E-state index is 0. The molecule has 4 rings (SSSR count). The van der Waals surface area contributed by atoms with E-state index in [1.807, 2.05) is 48.6 Å². The highest BCUT2D eigenvalue weighted by molar-refractivity contribution is 8.93. The Hall–Kier alpha value is -2.65. The molecule has 0 aliphatic carbocycles. The number of hydrogen-bond acceptors (Lipinski definition) is 2. The molecule has 0 unspecified atom stereocenters. The highest BCUT2D eigenvalue weighted by atomic mass is 79.9. The summed E-state index contributed by atoms with van der Waals surface area (Å²) in [5.41, 5.74) is 5.40. The molecule has 0 saturated heterocycles. The van der Waals surface area contributed by atoms with Crippen molar-refractivity contribution in [3.8, 4) is 0 Å². The molecule has 0 radical (unpaired) electrons. The van der Waals surface area contributed by atoms with Crippen LogP contribution in [0, 0.1) is 0 Å². The Kier molecular flexibility index (Phi) is 4.92. The van der Waals surface area contributed by atoms with Crippen molar-refractivity contribution in [1.29, 1.82) is 0 Å². The molecule has 0 amide bonds. The minimum atomic E-state index is 0. The normalized spacial score (nSPS) is 14.4. The van der Waals surface area contributed by atoms with E-state index >= 15 is 0 Å². The van der Waals surface area contributed by atoms with Crippen LogP contribution in [0.25, 0.3) is 23.1 Å². The zero-order valence-corrected chi connectivity index (χ0v) is 14.7. The van der Waals surface area contributed by atoms with Gasteiger partial charge in [0.2, 0.25) is 0 Å². The average Bonchev–Trinajstić information content (AvgIpc) is 2.61. The summed E-state index contributed by atoms with van der Waals surface area (Å²) in [4.78, 5) is 4.64. The Morgan fingerprint density at radius 1 is 0.833 bits per heavy atom. The molecule has 1 aromatic heterocycles. The molecule has 0 fully saturated rings. The van der Waals surface area contributed by atoms with Crippen molar-refractivity contribution >= 4 is 45.7 Å². The summed E-state index contributed by atoms with van der Waals surface area (Å²) in [5.74, 6) is 0. The fraction of sp³-hybridized carbons (Fsp3) is 0. The second-order valence-corrected chi connectivity index (χ2v) is 5.46. The second-order valence-electron chi connectivity index (χ2n) is 5.46. The van der Waals surface area contributed by atoms with E-state index < -0.39 is 0 Å². The Morgan fingerprint density at radius 3 is 2.62 bits per heavy atom. The number of halogens is 1. The van der Waals surface area contributed by atoms with Gasteiger partial charge in [0.25, 0.3) is 0 Å². The minimum Gasteiger partial charge on any atom is -0.355 e. The molecule has 0 atom stereocenters. The molecule has 3 aromatic rings. The standard InChI is InChI=1S/C21H16N2.BrH/c1-3-10-20-16(6-1)12-14-18(22-20)8-5-9-19-15-13-17-7-2-4-11-21(17)23-19;/h1-15,22H;1H. The quantitative estimate of drug-likeness (QED) is 0.606. The van der Waals surface area contributed by atoms with E-state index in [0.29, 0.717) is 0 Å². The van der Waals surface area contributed by atoms with E-state index in [1.54, 1.807) is 0 Å². The average molecular weight is 377 g/mol. The number of rotatable bonds is 2. The molecule has 1 aliphatic heterocycles. The maximum atomic E-state index is 4.64. The zero-order chi connectivity index (χ0) is 15.5. The maximum absolute atomic E-state index is 4.64. The van der Waals surface area contributed by atoms with Gasteiger partial charge < -0.3 is 5.32 Å². The van der Waals surface area contributed by atoms with E-state index in [0.717, 1.165) is 28.0 Å². The Morgan fingerprint density at radius 2 is 1.67 bits per heavy atom. The SMILES string of the molecule is Br.C(=Cc1ccc2ccccc2n1)C=C1C=Cc2ccccc2N1. The van der Waals surface area contributed by atoms with Crippen LogP contribution in [-0.2, 0) is 0 Å². The van der Waals surface area contributed by atoms with Gasteiger partial charge in [0, 0.05) is 16.8 Å². The Labute approximate surface area is 152 Å². The molecule has 1 N–H and O–H groups in total. The molecule has 3 heteroatoms. The van der Waals surface area contributed by atoms with Crippen LogP contribution in [0.5, 0.6) is 0 Å². The third-order valence-electron chi connectivity index (χ3n) is 3.84. The summed E-state index contributed by atoms with van der Waals surface area (Å²) in [7, 11) is 0. The number of pyridine rings is 1. The number of nitrogens with zero attached hydrogens (tertiary/aromatic N) is 1. The first kappa shape index (κ1) is 16.2. The first-order valence-electron chi connectivity index (χ1n) is 7.67. The number of nitrogens with one attached hydrogen (secondary N) is 1. The van der Waals surface area contributed by atoms with Crippen molar-refractivity contribution in [3.63, 3.8) is 0 Å². The molecule has 2 heterocycles. The van der Waals surface area contributed by atoms with Gasteiger partial charge in [0.15, 0.2) is 0 Å². The summed E-state index contributed by atoms with van der Waals surface area (Å²) in [6, 6.07) is 20.6. The van der Waals surface area contributed by atoms with Gasteiger partial charge in [-0.05, 0) is 42.0 Å². The van der Waals surface area contributed by atoms with E-state index in [2.05, 4.69) is 52.8 Å². The lowest BCUT2D eigenvalue weighted by Crippen LogP contribution is -2.02. The number of anilines is 1. The molecule has 118 valence electrons. The lowest BCUT2D eigenvalue weighted by atomic mass is 10.1. The third kappa shape index (κ3) is 3.47. The molecule has 2 aromatic carbocycles. The second kappa shape index (κ2) is 7.28. The number of allylic oxidation sites excluding steroid dienone is 3. The maximum Gasteiger partial charge on any atom is 0.0709 e. The van der Waals surface area contributed by atoms with Crippen molar-refractivity contribution in [3.05, 3.63) is 95.8 Å². The summed E-state index contributed by atoms with van der Waals surface area (Å²) in [6.07, 6.45) is 10.3. The first-order valence-corrected chi connectivity index (χ1v) is 7.67. The van der Waals surface area contributed by atoms with E-state index in [1.165, 1.54) is 5.56 Å². The molecular formula is C21H17BrN2. The Bertz CT molecular complexity index is 955. The molecule has 0 spiro atoms. The van der Waals surface area contributed by atoms with Crippen molar-refractivity contribution in [2.24, 2.45) is 0 Å². The van der Waals surface area contributed by atoms with E-state index in [9.17, 15) is 0 Å². The number of hydrogen-bond donors (Lipinski definition) is 1. The van der Waals surface area contributed by atoms with Crippen molar-refractivity contribution in [1.82, 2.24) is 4.98 Å². The van der Waals surface area contributed by atoms with Gasteiger partial charge in [0.05, 0.1) is 11.2 Å². The predicted molar refractivity (Wildman–Crippen MR) is 108 cm³/mol. The van der Waals surface area contributed by atoms with Crippen LogP contribution in [0.15, 0.2) is 84.6 Å². The molecule has 1 aliphatic rings. The molecule has 0 saturated carbocycles. The number of para-hydroxylation sites is 2. The van der Waals surface area contributed by atoms with Crippen LogP contribution >= 0.6 is 17.0 Å². The number of benzene rings is 2. The van der Waals surface area contributed by atoms with Crippen molar-refractivity contribution in [2.45, 2.75) is 0 Å². The van der Waals surface area contributed by atoms with Gasteiger partial charge in [0.1, 0.15) is 0 Å². The van der Waals surface area contributed by atoms with Crippen molar-refractivity contribution in [2.75, 3.05) is 5.32 Å². The summed E-state index contributed by atoms with van der Waals surface area (Å²) < 4.78 is 0. The van der Waals surface area contributed by atoms with Gasteiger partial charge in [-0.1, -0.05) is 54.6 Å². The number of fused-ring (bicyclic) bond motifs is 2. The highest BCUT2D eigenvalue weighted by Gasteiger charge is 2.04. The largest absolute Gasteiger partial charge is 0.355 e. The third-order valence-corrected chi connectivity index (χ3v) is 3.84. The van der Waals surface area contributed by atoms with Gasteiger partial charge in [-0.3, -0.25) is 0 Å². The summed E-state index contributed by atoms with van der Waals surface area (Å²) in [5, 5.41) is 4.58. The smallest absolute Gasteiger partial charge is 0.0709 e. The van der Waals surface area contributed by atoms with Gasteiger partial charge >= 0.3 is 0 Å². The van der Waals surface area contributed by atoms with Gasteiger partial charge in [-0.25, -0.2) is 4.98 Å². The topological polar surface area (TPSA) is 24.9 Å². The zero-order valence-electron chi connectivity index (χ0n) is 13.0. The van der Waals surface area contributed by atoms with Crippen LogP contribution in [0.2, 0.25) is 0 Å². The van der Waals surface area contributed by atoms with Crippen molar-refractivity contribution < 1.29 is 0 Å². The fourth-order valence-electron chi connectivity index (χ4n) is 2.66. The van der Waals surface area contributed by atoms with Gasteiger partial charge in [-0.15, -0.1) is 17.0 Å². The van der Waals surface area contributed by atoms with Crippen LogP contribution in [0.1, 0.15) is 11.3 Å². The monoisotopic (exact) mass is 376 g/mol. The van der Waals surface area contributed by atoms with Gasteiger partial charge in [-0.2, -0.15) is 0 Å². The highest BCUT2D eigenvalue weighted by Crippen LogP contribution is 2.23. The van der Waals surface area contributed by atoms with E-state index in [4.69, 9.17) is 0 Å². The van der Waals surface area contributed by atoms with Crippen LogP contribution in [-0.4, -0.2) is 4.98 Å². The van der Waals surface area contributed by atoms with Crippen LogP contribution < -0.4 is 5.32 Å².